The molecule has 1 aromatic heterocycles. The van der Waals surface area contributed by atoms with Crippen LogP contribution in [0.3, 0.4) is 0 Å². The third-order valence-corrected chi connectivity index (χ3v) is 2.60. The Bertz CT molecular complexity index is 657. The topological polar surface area (TPSA) is 33.1 Å². The molecule has 0 radical (unpaired) electrons. The number of aromatic hydroxyl groups is 1. The van der Waals surface area contributed by atoms with Gasteiger partial charge in [0.15, 0.2) is 0 Å². The number of rotatable bonds is 0. The molecule has 0 unspecified atom stereocenters. The minimum atomic E-state index is 0. The van der Waals surface area contributed by atoms with E-state index in [4.69, 9.17) is 0 Å². The first-order valence-electron chi connectivity index (χ1n) is 4.82. The number of pyridine rings is 1. The smallest absolute Gasteiger partial charge is 1.00 e. The van der Waals surface area contributed by atoms with Crippen LogP contribution in [0, 0.1) is 0 Å². The maximum atomic E-state index is 9.67. The van der Waals surface area contributed by atoms with Crippen molar-refractivity contribution < 1.29 is 25.4 Å². The van der Waals surface area contributed by atoms with Crippen LogP contribution < -0.4 is 18.9 Å². The average molecular weight is 203 g/mol. The molecular formula is C13H10LiNO. The van der Waals surface area contributed by atoms with Gasteiger partial charge in [-0.3, -0.25) is 4.98 Å². The molecule has 0 fully saturated rings. The average Bonchev–Trinajstić information content (AvgIpc) is 2.29. The number of fused-ring (bicyclic) bond motifs is 3. The molecule has 0 bridgehead atoms. The summed E-state index contributed by atoms with van der Waals surface area (Å²) in [4.78, 5) is 4.26. The van der Waals surface area contributed by atoms with Gasteiger partial charge in [-0.25, -0.2) is 0 Å². The van der Waals surface area contributed by atoms with E-state index in [2.05, 4.69) is 4.98 Å². The number of hydrogen-bond donors (Lipinski definition) is 1. The standard InChI is InChI=1S/C13H9NO.Li.H/c15-12-7-3-6-11-10-5-2-1-4-9(10)8-14-13(11)12;;/h1-8,15H;;/q;+1;-1. The summed E-state index contributed by atoms with van der Waals surface area (Å²) in [5.41, 5.74) is 0.663. The maximum absolute atomic E-state index is 9.67. The number of phenolic OH excluding ortho intramolecular Hbond substituents is 1. The summed E-state index contributed by atoms with van der Waals surface area (Å²) in [6.45, 7) is 0. The van der Waals surface area contributed by atoms with Crippen LogP contribution in [-0.4, -0.2) is 10.1 Å². The molecule has 2 nitrogen and oxygen atoms in total. The van der Waals surface area contributed by atoms with Crippen LogP contribution >= 0.6 is 0 Å². The summed E-state index contributed by atoms with van der Waals surface area (Å²) in [7, 11) is 0. The second kappa shape index (κ2) is 4.17. The molecule has 0 aliphatic carbocycles. The Hall–Kier alpha value is -1.49. The van der Waals surface area contributed by atoms with Crippen LogP contribution in [-0.2, 0) is 0 Å². The van der Waals surface area contributed by atoms with Crippen molar-refractivity contribution in [1.82, 2.24) is 4.98 Å². The van der Waals surface area contributed by atoms with E-state index in [1.165, 1.54) is 0 Å². The third kappa shape index (κ3) is 1.57. The fourth-order valence-electron chi connectivity index (χ4n) is 1.87. The van der Waals surface area contributed by atoms with Gasteiger partial charge >= 0.3 is 18.9 Å². The minimum Gasteiger partial charge on any atom is -1.00 e. The van der Waals surface area contributed by atoms with Gasteiger partial charge in [0, 0.05) is 17.0 Å². The quantitative estimate of drug-likeness (QED) is 0.418. The van der Waals surface area contributed by atoms with Crippen molar-refractivity contribution in [2.75, 3.05) is 0 Å². The minimum absolute atomic E-state index is 0. The molecule has 0 saturated heterocycles. The van der Waals surface area contributed by atoms with Crippen LogP contribution in [0.5, 0.6) is 5.75 Å². The fourth-order valence-corrected chi connectivity index (χ4v) is 1.87. The molecule has 3 rings (SSSR count). The van der Waals surface area contributed by atoms with E-state index in [1.54, 1.807) is 12.3 Å². The SMILES string of the molecule is Oc1cccc2c1ncc1ccccc12.[H-].[Li+]. The monoisotopic (exact) mass is 203 g/mol. The van der Waals surface area contributed by atoms with E-state index in [1.807, 2.05) is 36.4 Å². The van der Waals surface area contributed by atoms with Gasteiger partial charge in [-0.05, 0) is 11.5 Å². The molecule has 1 N–H and O–H groups in total. The van der Waals surface area contributed by atoms with Crippen molar-refractivity contribution in [3.05, 3.63) is 48.7 Å². The molecule has 3 aromatic rings. The first-order valence-corrected chi connectivity index (χ1v) is 4.82. The van der Waals surface area contributed by atoms with Gasteiger partial charge in [0.1, 0.15) is 11.3 Å². The van der Waals surface area contributed by atoms with Crippen LogP contribution in [0.25, 0.3) is 21.7 Å². The second-order valence-corrected chi connectivity index (χ2v) is 3.52. The molecule has 2 aromatic carbocycles. The van der Waals surface area contributed by atoms with Gasteiger partial charge in [0.25, 0.3) is 0 Å². The van der Waals surface area contributed by atoms with Crippen LogP contribution in [0.1, 0.15) is 1.43 Å². The first kappa shape index (κ1) is 11.0. The molecule has 0 amide bonds. The van der Waals surface area contributed by atoms with Crippen LogP contribution in [0.2, 0.25) is 0 Å². The zero-order chi connectivity index (χ0) is 10.3. The van der Waals surface area contributed by atoms with E-state index in [-0.39, 0.29) is 26.0 Å². The van der Waals surface area contributed by atoms with Gasteiger partial charge in [-0.1, -0.05) is 36.4 Å². The summed E-state index contributed by atoms with van der Waals surface area (Å²) in [6.07, 6.45) is 1.79. The Morgan fingerprint density at radius 3 is 2.56 bits per heavy atom. The summed E-state index contributed by atoms with van der Waals surface area (Å²) in [5.74, 6) is 0.234. The van der Waals surface area contributed by atoms with Gasteiger partial charge < -0.3 is 6.53 Å². The summed E-state index contributed by atoms with van der Waals surface area (Å²) < 4.78 is 0. The maximum Gasteiger partial charge on any atom is 1.00 e. The molecule has 0 aliphatic heterocycles. The second-order valence-electron chi connectivity index (χ2n) is 3.52. The van der Waals surface area contributed by atoms with Crippen LogP contribution in [0.4, 0.5) is 0 Å². The predicted octanol–water partition coefficient (Wildman–Crippen LogP) is 0.210. The van der Waals surface area contributed by atoms with E-state index in [0.29, 0.717) is 5.52 Å². The zero-order valence-electron chi connectivity index (χ0n) is 10.0. The summed E-state index contributed by atoms with van der Waals surface area (Å²) >= 11 is 0. The van der Waals surface area contributed by atoms with Crippen molar-refractivity contribution >= 4 is 21.7 Å². The molecule has 0 saturated carbocycles. The number of hydrogen-bond acceptors (Lipinski definition) is 2. The van der Waals surface area contributed by atoms with Gasteiger partial charge in [0.05, 0.1) is 0 Å². The normalized spacial score (nSPS) is 10.2. The van der Waals surface area contributed by atoms with Gasteiger partial charge in [-0.15, -0.1) is 0 Å². The Balaban J connectivity index is 0.000000722. The van der Waals surface area contributed by atoms with E-state index >= 15 is 0 Å². The van der Waals surface area contributed by atoms with Gasteiger partial charge in [-0.2, -0.15) is 0 Å². The zero-order valence-corrected chi connectivity index (χ0v) is 9.01. The Morgan fingerprint density at radius 1 is 0.938 bits per heavy atom. The molecule has 0 spiro atoms. The Labute approximate surface area is 107 Å². The number of nitrogens with zero attached hydrogens (tertiary/aromatic N) is 1. The van der Waals surface area contributed by atoms with Gasteiger partial charge in [0.2, 0.25) is 0 Å². The Kier molecular flexibility index (Phi) is 2.87. The van der Waals surface area contributed by atoms with Crippen molar-refractivity contribution in [3.8, 4) is 5.75 Å². The summed E-state index contributed by atoms with van der Waals surface area (Å²) in [6, 6.07) is 13.5. The van der Waals surface area contributed by atoms with Crippen molar-refractivity contribution in [1.29, 1.82) is 0 Å². The molecule has 1 heterocycles. The van der Waals surface area contributed by atoms with Crippen molar-refractivity contribution in [3.63, 3.8) is 0 Å². The number of benzene rings is 2. The molecular weight excluding hydrogens is 193 g/mol. The number of para-hydroxylation sites is 1. The molecule has 3 heteroatoms. The van der Waals surface area contributed by atoms with Crippen molar-refractivity contribution in [2.45, 2.75) is 0 Å². The molecule has 74 valence electrons. The van der Waals surface area contributed by atoms with E-state index in [0.717, 1.165) is 16.2 Å². The fraction of sp³-hybridized carbons (Fsp3) is 0. The van der Waals surface area contributed by atoms with E-state index in [9.17, 15) is 5.11 Å². The molecule has 16 heavy (non-hydrogen) atoms. The molecule has 0 atom stereocenters. The first-order chi connectivity index (χ1) is 7.36. The van der Waals surface area contributed by atoms with Crippen LogP contribution in [0.15, 0.2) is 48.7 Å². The summed E-state index contributed by atoms with van der Waals surface area (Å²) in [5, 5.41) is 12.9. The van der Waals surface area contributed by atoms with Crippen molar-refractivity contribution in [2.24, 2.45) is 0 Å². The number of aromatic nitrogens is 1. The molecule has 0 aliphatic rings. The third-order valence-electron chi connectivity index (χ3n) is 2.60. The predicted molar refractivity (Wildman–Crippen MR) is 62.0 cm³/mol. The Morgan fingerprint density at radius 2 is 1.69 bits per heavy atom. The number of phenols is 1. The van der Waals surface area contributed by atoms with E-state index < -0.39 is 0 Å². The largest absolute Gasteiger partial charge is 1.00 e.